The number of terminal acetylenes is 1. The minimum Gasteiger partial charge on any atom is -0.394 e. The van der Waals surface area contributed by atoms with Gasteiger partial charge in [-0.2, -0.15) is 0 Å². The molecule has 0 radical (unpaired) electrons. The normalized spacial score (nSPS) is 40.2. The van der Waals surface area contributed by atoms with Crippen LogP contribution in [0.5, 0.6) is 0 Å². The van der Waals surface area contributed by atoms with Crippen LogP contribution in [0.3, 0.4) is 0 Å². The third-order valence-corrected chi connectivity index (χ3v) is 18.9. The second kappa shape index (κ2) is 35.9. The van der Waals surface area contributed by atoms with Gasteiger partial charge in [-0.05, 0) is 78.2 Å². The molecule has 0 amide bonds. The van der Waals surface area contributed by atoms with E-state index < -0.39 is 197 Å². The van der Waals surface area contributed by atoms with Gasteiger partial charge in [0.2, 0.25) is 0 Å². The highest BCUT2D eigenvalue weighted by Crippen LogP contribution is 2.42. The molecule has 30 atom stereocenters. The van der Waals surface area contributed by atoms with E-state index >= 15 is 0 Å². The molecule has 6 saturated heterocycles. The summed E-state index contributed by atoms with van der Waals surface area (Å²) in [5, 5.41) is 81.6. The van der Waals surface area contributed by atoms with E-state index in [1.165, 1.54) is 0 Å². The summed E-state index contributed by atoms with van der Waals surface area (Å²) in [5.41, 5.74) is 32.1. The zero-order chi connectivity index (χ0) is 68.6. The van der Waals surface area contributed by atoms with Gasteiger partial charge >= 0.3 is 0 Å². The summed E-state index contributed by atoms with van der Waals surface area (Å²) in [6, 6.07) is 24.5. The number of hydrogen-bond acceptors (Lipinski definition) is 24. The molecule has 526 valence electrons. The van der Waals surface area contributed by atoms with Crippen LogP contribution in [0.2, 0.25) is 0 Å². The van der Waals surface area contributed by atoms with E-state index in [0.717, 1.165) is 16.7 Å². The zero-order valence-corrected chi connectivity index (χ0v) is 54.8. The number of aliphatic hydroxyl groups is 6. The minimum absolute atomic E-state index is 0.0310. The van der Waals surface area contributed by atoms with Crippen LogP contribution in [0.1, 0.15) is 78.0 Å². The second-order valence-electron chi connectivity index (χ2n) is 25.3. The number of rotatable bonds is 29. The van der Waals surface area contributed by atoms with Crippen molar-refractivity contribution in [2.45, 2.75) is 241 Å². The lowest BCUT2D eigenvalue weighted by atomic mass is 9.87. The number of aliphatic hydroxyl groups excluding tert-OH is 6. The van der Waals surface area contributed by atoms with E-state index in [0.29, 0.717) is 12.8 Å². The van der Waals surface area contributed by atoms with Crippen molar-refractivity contribution < 1.29 is 102 Å². The van der Waals surface area contributed by atoms with E-state index in [1.54, 1.807) is 34.6 Å². The summed E-state index contributed by atoms with van der Waals surface area (Å²) in [7, 11) is 0. The largest absolute Gasteiger partial charge is 0.394 e. The molecule has 0 aliphatic carbocycles. The molecule has 30 heteroatoms. The fraction of sp³-hybridized carbons (Fsp3) is 0.697. The molecule has 6 heterocycles. The van der Waals surface area contributed by atoms with Crippen molar-refractivity contribution in [3.63, 3.8) is 0 Å². The predicted molar refractivity (Wildman–Crippen MR) is 337 cm³/mol. The van der Waals surface area contributed by atoms with Gasteiger partial charge in [0.05, 0.1) is 107 Å². The SMILES string of the molecule is C#CCCCOC1OC(CO)[C@H](O[C@@H]2OC(C)[C@H](O[C@@H]3OC(CO)[C@H](O[C@@H]4OC(C)[C@H](O[C@@H]5OC(CO)[C@H](O[C@@H]6OC(C)[C@H](C)[C@@H](OCc7ccccc7)C6O)[C@H](C)C5N=[N+]=[N-])[C@@H](OCc5ccccc5)C4O)[C@H](C)C3N=[N+]=[N-])[C@@H](OCc3ccccc3)C2O)[C@H](C)C1N=[N+]=[N-]. The van der Waals surface area contributed by atoms with Crippen molar-refractivity contribution in [1.82, 2.24) is 0 Å². The first kappa shape index (κ1) is 74.5. The zero-order valence-electron chi connectivity index (χ0n) is 54.8. The molecule has 3 aromatic rings. The van der Waals surface area contributed by atoms with Crippen molar-refractivity contribution in [3.8, 4) is 12.3 Å². The molecule has 6 aliphatic heterocycles. The lowest BCUT2D eigenvalue weighted by Gasteiger charge is -2.51. The van der Waals surface area contributed by atoms with Crippen molar-refractivity contribution in [1.29, 1.82) is 0 Å². The fourth-order valence-corrected chi connectivity index (χ4v) is 13.3. The average Bonchev–Trinajstić information content (AvgIpc) is 0.796. The van der Waals surface area contributed by atoms with Gasteiger partial charge in [-0.15, -0.1) is 12.3 Å². The van der Waals surface area contributed by atoms with Gasteiger partial charge in [-0.1, -0.05) is 134 Å². The number of azide groups is 3. The van der Waals surface area contributed by atoms with Crippen molar-refractivity contribution in [2.24, 2.45) is 39.0 Å². The summed E-state index contributed by atoms with van der Waals surface area (Å²) in [6.45, 7) is 10.7. The van der Waals surface area contributed by atoms with E-state index in [2.05, 4.69) is 36.0 Å². The third kappa shape index (κ3) is 17.8. The Bertz CT molecular complexity index is 3050. The fourth-order valence-electron chi connectivity index (χ4n) is 13.3. The summed E-state index contributed by atoms with van der Waals surface area (Å²) in [4.78, 5) is 9.31. The van der Waals surface area contributed by atoms with Crippen molar-refractivity contribution in [2.75, 3.05) is 26.4 Å². The molecule has 0 aromatic heterocycles. The Labute approximate surface area is 557 Å². The Kier molecular flexibility index (Phi) is 27.9. The molecule has 30 nitrogen and oxygen atoms in total. The maximum absolute atomic E-state index is 12.5. The van der Waals surface area contributed by atoms with Crippen LogP contribution < -0.4 is 0 Å². The quantitative estimate of drug-likeness (QED) is 0.0149. The third-order valence-electron chi connectivity index (χ3n) is 18.9. The summed E-state index contributed by atoms with van der Waals surface area (Å²) in [6.07, 6.45) is -21.1. The average molecular weight is 1350 g/mol. The lowest BCUT2D eigenvalue weighted by molar-refractivity contribution is -0.378. The molecule has 6 aliphatic rings. The van der Waals surface area contributed by atoms with Crippen LogP contribution in [-0.2, 0) is 90.9 Å². The Morgan fingerprint density at radius 1 is 0.406 bits per heavy atom. The van der Waals surface area contributed by atoms with Crippen LogP contribution in [0.25, 0.3) is 31.3 Å². The Morgan fingerprint density at radius 3 is 1.08 bits per heavy atom. The molecule has 3 aromatic carbocycles. The van der Waals surface area contributed by atoms with Gasteiger partial charge in [0.1, 0.15) is 61.0 Å². The van der Waals surface area contributed by atoms with Gasteiger partial charge in [0, 0.05) is 27.1 Å². The van der Waals surface area contributed by atoms with Crippen LogP contribution in [0, 0.1) is 36.0 Å². The highest BCUT2D eigenvalue weighted by Gasteiger charge is 2.57. The molecule has 0 spiro atoms. The highest BCUT2D eigenvalue weighted by molar-refractivity contribution is 5.16. The van der Waals surface area contributed by atoms with E-state index in [-0.39, 0.29) is 32.3 Å². The highest BCUT2D eigenvalue weighted by atomic mass is 16.8. The van der Waals surface area contributed by atoms with Crippen molar-refractivity contribution >= 4 is 0 Å². The van der Waals surface area contributed by atoms with Gasteiger partial charge in [-0.3, -0.25) is 0 Å². The molecule has 0 bridgehead atoms. The second-order valence-corrected chi connectivity index (χ2v) is 25.3. The maximum Gasteiger partial charge on any atom is 0.186 e. The van der Waals surface area contributed by atoms with Gasteiger partial charge in [0.25, 0.3) is 0 Å². The van der Waals surface area contributed by atoms with Gasteiger partial charge in [-0.25, -0.2) is 0 Å². The Morgan fingerprint density at radius 2 is 0.729 bits per heavy atom. The number of hydrogen-bond donors (Lipinski definition) is 6. The lowest BCUT2D eigenvalue weighted by Crippen LogP contribution is -2.66. The summed E-state index contributed by atoms with van der Waals surface area (Å²) >= 11 is 0. The summed E-state index contributed by atoms with van der Waals surface area (Å²) in [5.74, 6) is 0.00507. The topological polar surface area (TPSA) is 406 Å². The molecular formula is C66H91N9O21. The molecule has 13 unspecified atom stereocenters. The summed E-state index contributed by atoms with van der Waals surface area (Å²) < 4.78 is 96.5. The van der Waals surface area contributed by atoms with Gasteiger partial charge < -0.3 is 102 Å². The number of unbranched alkanes of at least 4 members (excludes halogenated alkanes) is 1. The molecule has 96 heavy (non-hydrogen) atoms. The maximum atomic E-state index is 12.5. The Hall–Kier alpha value is -5.69. The van der Waals surface area contributed by atoms with Gasteiger partial charge in [0.15, 0.2) is 37.7 Å². The first-order valence-electron chi connectivity index (χ1n) is 32.7. The number of nitrogens with zero attached hydrogens (tertiary/aromatic N) is 9. The van der Waals surface area contributed by atoms with Crippen LogP contribution in [-0.4, -0.2) is 217 Å². The first-order chi connectivity index (χ1) is 46.5. The molecule has 6 N–H and O–H groups in total. The molecular weight excluding hydrogens is 1250 g/mol. The molecule has 9 rings (SSSR count). The minimum atomic E-state index is -1.68. The monoisotopic (exact) mass is 1350 g/mol. The van der Waals surface area contributed by atoms with Crippen LogP contribution >= 0.6 is 0 Å². The van der Waals surface area contributed by atoms with Crippen molar-refractivity contribution in [3.05, 3.63) is 139 Å². The standard InChI is InChI=1S/C66H91N9O21/c1-9-10-20-27-82-61-47(70-73-67)35(3)53(44(28-76)89-61)93-65-51(80)59(84-32-42-23-16-12-17-24-42)57(39(7)87-65)96-63-49(72-75-69)37(5)55(46(30-78)91-63)94-66-52(81)60(85-33-43-25-18-13-19-26-43)58(40(8)88-66)95-62-48(71-74-68)36(4)54(45(29-77)90-62)92-64-50(79)56(34(2)38(6)86-64)83-31-41-21-14-11-15-22-41/h1,11-19,21-26,34-40,44-66,76-81H,10,20,27-33H2,2-8H3/t34-,35+,36+,37+,38?,39?,40?,44?,45?,46?,47?,48?,49?,50?,51?,52?,53+,54+,55+,56+,57-,58-,59-,60-,61?,62-,63-,64-,65-,66-/m0/s1. The van der Waals surface area contributed by atoms with E-state index in [4.69, 9.17) is 77.5 Å². The van der Waals surface area contributed by atoms with E-state index in [9.17, 15) is 47.2 Å². The predicted octanol–water partition coefficient (Wildman–Crippen LogP) is 6.15. The number of ether oxygens (including phenoxy) is 15. The van der Waals surface area contributed by atoms with Crippen LogP contribution in [0.15, 0.2) is 106 Å². The molecule has 0 saturated carbocycles. The first-order valence-corrected chi connectivity index (χ1v) is 32.7. The smallest absolute Gasteiger partial charge is 0.186 e. The molecule has 6 fully saturated rings. The van der Waals surface area contributed by atoms with E-state index in [1.807, 2.05) is 105 Å². The number of benzene rings is 3. The van der Waals surface area contributed by atoms with Crippen LogP contribution in [0.4, 0.5) is 0 Å². The Balaban J connectivity index is 0.913.